The molecule has 8 heteroatoms. The van der Waals surface area contributed by atoms with Crippen LogP contribution in [0.5, 0.6) is 5.75 Å². The van der Waals surface area contributed by atoms with Crippen LogP contribution in [0.1, 0.15) is 16.1 Å². The van der Waals surface area contributed by atoms with Crippen molar-refractivity contribution in [1.82, 2.24) is 14.7 Å². The molecule has 1 fully saturated rings. The van der Waals surface area contributed by atoms with Gasteiger partial charge < -0.3 is 19.5 Å². The van der Waals surface area contributed by atoms with Crippen molar-refractivity contribution in [2.75, 3.05) is 26.8 Å². The van der Waals surface area contributed by atoms with Crippen molar-refractivity contribution < 1.29 is 24.2 Å². The molecule has 0 radical (unpaired) electrons. The van der Waals surface area contributed by atoms with Crippen LogP contribution in [0.15, 0.2) is 30.5 Å². The molecule has 132 valence electrons. The van der Waals surface area contributed by atoms with Gasteiger partial charge in [0.15, 0.2) is 11.8 Å². The van der Waals surface area contributed by atoms with Crippen molar-refractivity contribution >= 4 is 11.9 Å². The highest BCUT2D eigenvalue weighted by Crippen LogP contribution is 2.23. The minimum Gasteiger partial charge on any atom is -0.494 e. The van der Waals surface area contributed by atoms with Gasteiger partial charge in [-0.1, -0.05) is 6.07 Å². The Morgan fingerprint density at radius 2 is 2.16 bits per heavy atom. The molecule has 0 bridgehead atoms. The smallest absolute Gasteiger partial charge is 0.334 e. The number of morpholine rings is 1. The lowest BCUT2D eigenvalue weighted by Gasteiger charge is -2.30. The van der Waals surface area contributed by atoms with Crippen LogP contribution in [0.25, 0.3) is 5.69 Å². The summed E-state index contributed by atoms with van der Waals surface area (Å²) < 4.78 is 12.1. The van der Waals surface area contributed by atoms with Crippen molar-refractivity contribution in [3.05, 3.63) is 41.7 Å². The van der Waals surface area contributed by atoms with Gasteiger partial charge in [-0.2, -0.15) is 5.10 Å². The molecule has 0 unspecified atom stereocenters. The van der Waals surface area contributed by atoms with E-state index >= 15 is 0 Å². The molecule has 3 rings (SSSR count). The van der Waals surface area contributed by atoms with Gasteiger partial charge in [0, 0.05) is 12.7 Å². The Labute approximate surface area is 144 Å². The van der Waals surface area contributed by atoms with Gasteiger partial charge in [0.05, 0.1) is 20.3 Å². The van der Waals surface area contributed by atoms with E-state index in [4.69, 9.17) is 14.6 Å². The molecule has 1 saturated heterocycles. The zero-order valence-electron chi connectivity index (χ0n) is 14.0. The summed E-state index contributed by atoms with van der Waals surface area (Å²) >= 11 is 0. The highest BCUT2D eigenvalue weighted by atomic mass is 16.5. The number of hydrogen-bond donors (Lipinski definition) is 1. The van der Waals surface area contributed by atoms with E-state index in [-0.39, 0.29) is 24.8 Å². The third-order valence-electron chi connectivity index (χ3n) is 4.02. The van der Waals surface area contributed by atoms with Crippen LogP contribution in [-0.4, -0.2) is 64.6 Å². The van der Waals surface area contributed by atoms with Gasteiger partial charge >= 0.3 is 5.97 Å². The Bertz CT molecular complexity index is 801. The lowest BCUT2D eigenvalue weighted by atomic mass is 10.2. The lowest BCUT2D eigenvalue weighted by molar-refractivity contribution is -0.154. The Balaban J connectivity index is 1.83. The molecule has 1 amide bonds. The van der Waals surface area contributed by atoms with Crippen molar-refractivity contribution in [2.24, 2.45) is 0 Å². The average Bonchev–Trinajstić information content (AvgIpc) is 3.11. The number of hydrogen-bond acceptors (Lipinski definition) is 5. The number of benzene rings is 1. The maximum Gasteiger partial charge on any atom is 0.334 e. The highest BCUT2D eigenvalue weighted by molar-refractivity contribution is 5.92. The minimum atomic E-state index is -1.08. The number of carboxylic acids is 1. The second-order valence-electron chi connectivity index (χ2n) is 5.77. The normalized spacial score (nSPS) is 17.4. The number of nitrogens with zero attached hydrogens (tertiary/aromatic N) is 3. The van der Waals surface area contributed by atoms with Gasteiger partial charge in [0.1, 0.15) is 11.4 Å². The van der Waals surface area contributed by atoms with Gasteiger partial charge in [0.25, 0.3) is 5.91 Å². The minimum absolute atomic E-state index is 0.00872. The summed E-state index contributed by atoms with van der Waals surface area (Å²) in [6.45, 7) is 2.49. The standard InChI is InChI=1S/C17H19N3O5/c1-11-3-4-14(24-2)13(9-11)20-6-5-12(18-20)16(21)19-7-8-25-15(10-19)17(22)23/h3-6,9,15H,7-8,10H2,1-2H3,(H,22,23)/t15-/m0/s1. The third-order valence-corrected chi connectivity index (χ3v) is 4.02. The molecule has 1 aromatic carbocycles. The molecule has 1 aliphatic heterocycles. The van der Waals surface area contributed by atoms with Gasteiger partial charge in [-0.3, -0.25) is 4.79 Å². The van der Waals surface area contributed by atoms with Crippen LogP contribution in [0.4, 0.5) is 0 Å². The number of carbonyl (C=O) groups excluding carboxylic acids is 1. The first-order valence-electron chi connectivity index (χ1n) is 7.84. The molecule has 1 atom stereocenters. The molecule has 2 heterocycles. The quantitative estimate of drug-likeness (QED) is 0.892. The molecular formula is C17H19N3O5. The number of aliphatic carboxylic acids is 1. The fraction of sp³-hybridized carbons (Fsp3) is 0.353. The van der Waals surface area contributed by atoms with E-state index in [9.17, 15) is 9.59 Å². The fourth-order valence-corrected chi connectivity index (χ4v) is 2.70. The Morgan fingerprint density at radius 3 is 2.88 bits per heavy atom. The summed E-state index contributed by atoms with van der Waals surface area (Å²) in [5, 5.41) is 13.4. The number of carboxylic acid groups (broad SMARTS) is 1. The van der Waals surface area contributed by atoms with Crippen molar-refractivity contribution in [3.8, 4) is 11.4 Å². The average molecular weight is 345 g/mol. The van der Waals surface area contributed by atoms with Gasteiger partial charge in [0.2, 0.25) is 0 Å². The molecule has 1 aliphatic rings. The molecule has 0 aliphatic carbocycles. The summed E-state index contributed by atoms with van der Waals surface area (Å²) in [7, 11) is 1.57. The molecule has 1 aromatic heterocycles. The number of aryl methyl sites for hydroxylation is 1. The van der Waals surface area contributed by atoms with Crippen molar-refractivity contribution in [2.45, 2.75) is 13.0 Å². The van der Waals surface area contributed by atoms with Gasteiger partial charge in [-0.05, 0) is 30.7 Å². The third kappa shape index (κ3) is 3.48. The summed E-state index contributed by atoms with van der Waals surface area (Å²) in [4.78, 5) is 25.1. The Morgan fingerprint density at radius 1 is 1.36 bits per heavy atom. The van der Waals surface area contributed by atoms with Crippen LogP contribution in [0.3, 0.4) is 0 Å². The largest absolute Gasteiger partial charge is 0.494 e. The fourth-order valence-electron chi connectivity index (χ4n) is 2.70. The molecular weight excluding hydrogens is 326 g/mol. The summed E-state index contributed by atoms with van der Waals surface area (Å²) in [5.74, 6) is -0.752. The SMILES string of the molecule is COc1ccc(C)cc1-n1ccc(C(=O)N2CCO[C@H](C(=O)O)C2)n1. The first-order valence-corrected chi connectivity index (χ1v) is 7.84. The Hall–Kier alpha value is -2.87. The van der Waals surface area contributed by atoms with Crippen molar-refractivity contribution in [1.29, 1.82) is 0 Å². The van der Waals surface area contributed by atoms with E-state index in [0.717, 1.165) is 11.3 Å². The number of carbonyl (C=O) groups is 2. The van der Waals surface area contributed by atoms with E-state index in [1.54, 1.807) is 24.1 Å². The second-order valence-corrected chi connectivity index (χ2v) is 5.77. The number of ether oxygens (including phenoxy) is 2. The van der Waals surface area contributed by atoms with E-state index < -0.39 is 12.1 Å². The molecule has 25 heavy (non-hydrogen) atoms. The maximum atomic E-state index is 12.6. The van der Waals surface area contributed by atoms with Crippen LogP contribution in [0.2, 0.25) is 0 Å². The maximum absolute atomic E-state index is 12.6. The molecule has 0 saturated carbocycles. The zero-order valence-corrected chi connectivity index (χ0v) is 14.0. The summed E-state index contributed by atoms with van der Waals surface area (Å²) in [6.07, 6.45) is 0.677. The topological polar surface area (TPSA) is 93.9 Å². The molecule has 2 aromatic rings. The second kappa shape index (κ2) is 6.94. The first kappa shape index (κ1) is 17.0. The van der Waals surface area contributed by atoms with Crippen molar-refractivity contribution in [3.63, 3.8) is 0 Å². The summed E-state index contributed by atoms with van der Waals surface area (Å²) in [6, 6.07) is 7.29. The van der Waals surface area contributed by atoms with E-state index in [0.29, 0.717) is 12.3 Å². The lowest BCUT2D eigenvalue weighted by Crippen LogP contribution is -2.48. The number of rotatable bonds is 4. The highest BCUT2D eigenvalue weighted by Gasteiger charge is 2.30. The zero-order chi connectivity index (χ0) is 18.0. The predicted octanol–water partition coefficient (Wildman–Crippen LogP) is 1.11. The monoisotopic (exact) mass is 345 g/mol. The van der Waals surface area contributed by atoms with E-state index in [2.05, 4.69) is 5.10 Å². The predicted molar refractivity (Wildman–Crippen MR) is 88.1 cm³/mol. The van der Waals surface area contributed by atoms with Gasteiger partial charge in [-0.15, -0.1) is 0 Å². The Kier molecular flexibility index (Phi) is 4.71. The summed E-state index contributed by atoms with van der Waals surface area (Å²) in [5.41, 5.74) is 2.01. The van der Waals surface area contributed by atoms with E-state index in [1.165, 1.54) is 4.90 Å². The molecule has 1 N–H and O–H groups in total. The molecule has 0 spiro atoms. The number of amides is 1. The van der Waals surface area contributed by atoms with Crippen LogP contribution in [0, 0.1) is 6.92 Å². The van der Waals surface area contributed by atoms with E-state index in [1.807, 2.05) is 25.1 Å². The first-order chi connectivity index (χ1) is 12.0. The van der Waals surface area contributed by atoms with Crippen LogP contribution in [-0.2, 0) is 9.53 Å². The van der Waals surface area contributed by atoms with Crippen LogP contribution >= 0.6 is 0 Å². The van der Waals surface area contributed by atoms with Crippen LogP contribution < -0.4 is 4.74 Å². The number of methoxy groups -OCH3 is 1. The molecule has 8 nitrogen and oxygen atoms in total. The number of aromatic nitrogens is 2. The van der Waals surface area contributed by atoms with Gasteiger partial charge in [-0.25, -0.2) is 9.48 Å².